The van der Waals surface area contributed by atoms with E-state index in [1.807, 2.05) is 12.1 Å². The number of carbonyl (C=O) groups excluding carboxylic acids is 1. The van der Waals surface area contributed by atoms with Crippen LogP contribution in [-0.4, -0.2) is 32.7 Å². The monoisotopic (exact) mass is 382 g/mol. The summed E-state index contributed by atoms with van der Waals surface area (Å²) < 4.78 is 6.36. The standard InChI is InChI=1S/C13H19BrN2O2S.ClH/c1-18-9-13(4-6-15-7-5-13)12(17)16-8-10-2-3-11(14)19-10;/h2-3,15H,4-9H2,1H3,(H,16,17);1H. The van der Waals surface area contributed by atoms with Crippen LogP contribution < -0.4 is 10.6 Å². The van der Waals surface area contributed by atoms with Crippen LogP contribution >= 0.6 is 39.7 Å². The van der Waals surface area contributed by atoms with Gasteiger partial charge in [0.1, 0.15) is 0 Å². The number of hydrogen-bond donors (Lipinski definition) is 2. The molecule has 2 N–H and O–H groups in total. The summed E-state index contributed by atoms with van der Waals surface area (Å²) in [5, 5.41) is 6.34. The van der Waals surface area contributed by atoms with E-state index in [1.165, 1.54) is 0 Å². The Balaban J connectivity index is 0.00000200. The van der Waals surface area contributed by atoms with Gasteiger partial charge in [-0.2, -0.15) is 0 Å². The lowest BCUT2D eigenvalue weighted by Gasteiger charge is -2.35. The minimum absolute atomic E-state index is 0. The molecule has 4 nitrogen and oxygen atoms in total. The van der Waals surface area contributed by atoms with Crippen LogP contribution in [0.4, 0.5) is 0 Å². The minimum Gasteiger partial charge on any atom is -0.384 e. The summed E-state index contributed by atoms with van der Waals surface area (Å²) in [7, 11) is 1.66. The molecule has 1 aromatic heterocycles. The van der Waals surface area contributed by atoms with Gasteiger partial charge in [-0.05, 0) is 54.0 Å². The van der Waals surface area contributed by atoms with Crippen molar-refractivity contribution >= 4 is 45.6 Å². The molecule has 0 unspecified atom stereocenters. The lowest BCUT2D eigenvalue weighted by atomic mass is 9.78. The highest BCUT2D eigenvalue weighted by atomic mass is 79.9. The molecule has 20 heavy (non-hydrogen) atoms. The van der Waals surface area contributed by atoms with Crippen molar-refractivity contribution in [1.82, 2.24) is 10.6 Å². The molecule has 1 aliphatic heterocycles. The summed E-state index contributed by atoms with van der Waals surface area (Å²) in [6.45, 7) is 2.84. The number of ether oxygens (including phenoxy) is 1. The average Bonchev–Trinajstić information content (AvgIpc) is 2.83. The maximum absolute atomic E-state index is 12.5. The van der Waals surface area contributed by atoms with Crippen molar-refractivity contribution in [3.05, 3.63) is 20.8 Å². The van der Waals surface area contributed by atoms with E-state index in [4.69, 9.17) is 4.74 Å². The molecular weight excluding hydrogens is 364 g/mol. The zero-order valence-electron chi connectivity index (χ0n) is 11.4. The zero-order valence-corrected chi connectivity index (χ0v) is 14.6. The highest BCUT2D eigenvalue weighted by molar-refractivity contribution is 9.11. The Hall–Kier alpha value is -0.140. The van der Waals surface area contributed by atoms with Crippen LogP contribution in [0.3, 0.4) is 0 Å². The topological polar surface area (TPSA) is 50.4 Å². The van der Waals surface area contributed by atoms with Crippen LogP contribution in [0.2, 0.25) is 0 Å². The first-order chi connectivity index (χ1) is 9.16. The Morgan fingerprint density at radius 2 is 2.20 bits per heavy atom. The van der Waals surface area contributed by atoms with E-state index in [0.717, 1.165) is 34.6 Å². The third-order valence-electron chi connectivity index (χ3n) is 3.51. The van der Waals surface area contributed by atoms with Crippen LogP contribution in [-0.2, 0) is 16.1 Å². The molecule has 0 bridgehead atoms. The van der Waals surface area contributed by atoms with Gasteiger partial charge in [-0.1, -0.05) is 0 Å². The summed E-state index contributed by atoms with van der Waals surface area (Å²) in [6, 6.07) is 4.03. The van der Waals surface area contributed by atoms with Gasteiger partial charge in [0, 0.05) is 12.0 Å². The minimum atomic E-state index is -0.367. The molecule has 114 valence electrons. The van der Waals surface area contributed by atoms with Crippen molar-refractivity contribution in [2.75, 3.05) is 26.8 Å². The number of carbonyl (C=O) groups is 1. The van der Waals surface area contributed by atoms with Gasteiger partial charge in [0.15, 0.2) is 0 Å². The fourth-order valence-electron chi connectivity index (χ4n) is 2.42. The normalized spacial score (nSPS) is 17.3. The molecule has 0 aliphatic carbocycles. The van der Waals surface area contributed by atoms with Crippen molar-refractivity contribution in [2.24, 2.45) is 5.41 Å². The largest absolute Gasteiger partial charge is 0.384 e. The molecule has 2 rings (SSSR count). The lowest BCUT2D eigenvalue weighted by Crippen LogP contribution is -2.49. The number of halogens is 2. The molecule has 0 atom stereocenters. The first kappa shape index (κ1) is 17.9. The van der Waals surface area contributed by atoms with Crippen LogP contribution in [0.25, 0.3) is 0 Å². The van der Waals surface area contributed by atoms with Gasteiger partial charge >= 0.3 is 0 Å². The zero-order chi connectivity index (χ0) is 13.7. The van der Waals surface area contributed by atoms with Gasteiger partial charge in [0.25, 0.3) is 0 Å². The van der Waals surface area contributed by atoms with Crippen LogP contribution in [0.15, 0.2) is 15.9 Å². The second-order valence-electron chi connectivity index (χ2n) is 4.85. The Kier molecular flexibility index (Phi) is 7.47. The molecule has 0 saturated carbocycles. The first-order valence-corrected chi connectivity index (χ1v) is 7.99. The number of rotatable bonds is 5. The molecule has 1 aliphatic rings. The highest BCUT2D eigenvalue weighted by Gasteiger charge is 2.39. The van der Waals surface area contributed by atoms with Crippen molar-refractivity contribution in [3.63, 3.8) is 0 Å². The third-order valence-corrected chi connectivity index (χ3v) is 5.14. The van der Waals surface area contributed by atoms with Gasteiger partial charge in [-0.3, -0.25) is 4.79 Å². The summed E-state index contributed by atoms with van der Waals surface area (Å²) in [5.74, 6) is 0.111. The van der Waals surface area contributed by atoms with Gasteiger partial charge < -0.3 is 15.4 Å². The number of piperidine rings is 1. The summed E-state index contributed by atoms with van der Waals surface area (Å²) in [6.07, 6.45) is 1.67. The number of nitrogens with one attached hydrogen (secondary N) is 2. The third kappa shape index (κ3) is 4.43. The van der Waals surface area contributed by atoms with E-state index < -0.39 is 0 Å². The average molecular weight is 384 g/mol. The predicted molar refractivity (Wildman–Crippen MR) is 87.5 cm³/mol. The van der Waals surface area contributed by atoms with Crippen LogP contribution in [0.1, 0.15) is 17.7 Å². The predicted octanol–water partition coefficient (Wildman–Crippen LogP) is 2.56. The quantitative estimate of drug-likeness (QED) is 0.821. The van der Waals surface area contributed by atoms with Crippen molar-refractivity contribution < 1.29 is 9.53 Å². The first-order valence-electron chi connectivity index (χ1n) is 6.38. The van der Waals surface area contributed by atoms with E-state index >= 15 is 0 Å². The van der Waals surface area contributed by atoms with Crippen molar-refractivity contribution in [1.29, 1.82) is 0 Å². The molecule has 7 heteroatoms. The number of hydrogen-bond acceptors (Lipinski definition) is 4. The fraction of sp³-hybridized carbons (Fsp3) is 0.615. The molecule has 0 radical (unpaired) electrons. The van der Waals surface area contributed by atoms with Crippen LogP contribution in [0, 0.1) is 5.41 Å². The molecule has 1 fully saturated rings. The van der Waals surface area contributed by atoms with Gasteiger partial charge in [0.05, 0.1) is 22.4 Å². The molecule has 2 heterocycles. The summed E-state index contributed by atoms with van der Waals surface area (Å²) >= 11 is 5.08. The van der Waals surface area contributed by atoms with E-state index in [2.05, 4.69) is 26.6 Å². The molecule has 0 spiro atoms. The fourth-order valence-corrected chi connectivity index (χ4v) is 3.84. The summed E-state index contributed by atoms with van der Waals surface area (Å²) in [5.41, 5.74) is -0.367. The molecular formula is C13H20BrClN2O2S. The van der Waals surface area contributed by atoms with E-state index in [-0.39, 0.29) is 23.7 Å². The number of thiophene rings is 1. The lowest BCUT2D eigenvalue weighted by molar-refractivity contribution is -0.136. The second kappa shape index (κ2) is 8.34. The Morgan fingerprint density at radius 3 is 2.75 bits per heavy atom. The smallest absolute Gasteiger partial charge is 0.228 e. The Morgan fingerprint density at radius 1 is 1.50 bits per heavy atom. The van der Waals surface area contributed by atoms with Crippen molar-refractivity contribution in [2.45, 2.75) is 19.4 Å². The number of methoxy groups -OCH3 is 1. The second-order valence-corrected chi connectivity index (χ2v) is 7.40. The van der Waals surface area contributed by atoms with Gasteiger partial charge in [0.2, 0.25) is 5.91 Å². The van der Waals surface area contributed by atoms with Crippen molar-refractivity contribution in [3.8, 4) is 0 Å². The Bertz CT molecular complexity index is 430. The molecule has 1 amide bonds. The SMILES string of the molecule is COCC1(C(=O)NCc2ccc(Br)s2)CCNCC1.Cl. The van der Waals surface area contributed by atoms with Gasteiger partial charge in [-0.15, -0.1) is 23.7 Å². The number of amides is 1. The van der Waals surface area contributed by atoms with Crippen LogP contribution in [0.5, 0.6) is 0 Å². The molecule has 1 saturated heterocycles. The Labute approximate surface area is 138 Å². The van der Waals surface area contributed by atoms with E-state index in [9.17, 15) is 4.79 Å². The van der Waals surface area contributed by atoms with E-state index in [0.29, 0.717) is 13.2 Å². The molecule has 0 aromatic carbocycles. The maximum atomic E-state index is 12.5. The molecule has 1 aromatic rings. The maximum Gasteiger partial charge on any atom is 0.228 e. The van der Waals surface area contributed by atoms with Gasteiger partial charge in [-0.25, -0.2) is 0 Å². The highest BCUT2D eigenvalue weighted by Crippen LogP contribution is 2.30. The van der Waals surface area contributed by atoms with E-state index in [1.54, 1.807) is 18.4 Å². The summed E-state index contributed by atoms with van der Waals surface area (Å²) in [4.78, 5) is 13.6.